The number of benzene rings is 2. The summed E-state index contributed by atoms with van der Waals surface area (Å²) in [4.78, 5) is 12.8. The topological polar surface area (TPSA) is 41.6 Å². The average molecular weight is 352 g/mol. The summed E-state index contributed by atoms with van der Waals surface area (Å²) in [6, 6.07) is 12.3. The number of ether oxygens (including phenoxy) is 1. The normalized spacial score (nSPS) is 11.1. The lowest BCUT2D eigenvalue weighted by Gasteiger charge is -2.17. The molecule has 0 aromatic heterocycles. The van der Waals surface area contributed by atoms with Crippen LogP contribution in [0.3, 0.4) is 0 Å². The summed E-state index contributed by atoms with van der Waals surface area (Å²) in [5.41, 5.74) is 0.115. The van der Waals surface area contributed by atoms with E-state index < -0.39 is 17.8 Å². The number of rotatable bonds is 5. The van der Waals surface area contributed by atoms with Gasteiger partial charge in [-0.05, 0) is 23.8 Å². The number of carbonyl (C=O) groups is 1. The van der Waals surface area contributed by atoms with Gasteiger partial charge in [-0.3, -0.25) is 0 Å². The van der Waals surface area contributed by atoms with Crippen LogP contribution in [-0.4, -0.2) is 31.6 Å². The van der Waals surface area contributed by atoms with Crippen molar-refractivity contribution in [3.05, 3.63) is 59.7 Å². The highest BCUT2D eigenvalue weighted by atomic mass is 19.4. The van der Waals surface area contributed by atoms with Gasteiger partial charge in [0.1, 0.15) is 5.75 Å². The third-order valence-corrected chi connectivity index (χ3v) is 3.43. The molecular formula is C18H19F3N2O2. The van der Waals surface area contributed by atoms with Crippen LogP contribution < -0.4 is 10.1 Å². The Kier molecular flexibility index (Phi) is 5.90. The highest BCUT2D eigenvalue weighted by molar-refractivity contribution is 5.89. The minimum atomic E-state index is -4.58. The predicted molar refractivity (Wildman–Crippen MR) is 89.8 cm³/mol. The summed E-state index contributed by atoms with van der Waals surface area (Å²) in [5.74, 6) is -0.258. The summed E-state index contributed by atoms with van der Waals surface area (Å²) in [5, 5.41) is 2.39. The van der Waals surface area contributed by atoms with Gasteiger partial charge < -0.3 is 15.0 Å². The van der Waals surface area contributed by atoms with Gasteiger partial charge in [-0.25, -0.2) is 4.79 Å². The third-order valence-electron chi connectivity index (χ3n) is 3.43. The van der Waals surface area contributed by atoms with Crippen molar-refractivity contribution in [1.29, 1.82) is 0 Å². The quantitative estimate of drug-likeness (QED) is 0.865. The van der Waals surface area contributed by atoms with Crippen LogP contribution in [0.25, 0.3) is 0 Å². The highest BCUT2D eigenvalue weighted by Crippen LogP contribution is 2.38. The molecule has 2 amide bonds. The van der Waals surface area contributed by atoms with Crippen LogP contribution in [0.15, 0.2) is 48.5 Å². The van der Waals surface area contributed by atoms with Gasteiger partial charge in [-0.15, -0.1) is 0 Å². The van der Waals surface area contributed by atoms with Crippen molar-refractivity contribution < 1.29 is 22.7 Å². The largest absolute Gasteiger partial charge is 0.493 e. The molecule has 7 heteroatoms. The zero-order chi connectivity index (χ0) is 18.4. The lowest BCUT2D eigenvalue weighted by molar-refractivity contribution is -0.138. The molecule has 4 nitrogen and oxygen atoms in total. The van der Waals surface area contributed by atoms with Gasteiger partial charge in [-0.1, -0.05) is 30.3 Å². The maximum Gasteiger partial charge on any atom is 0.420 e. The summed E-state index contributed by atoms with van der Waals surface area (Å²) < 4.78 is 45.1. The van der Waals surface area contributed by atoms with Gasteiger partial charge in [0, 0.05) is 26.2 Å². The van der Waals surface area contributed by atoms with Crippen LogP contribution in [0.4, 0.5) is 23.7 Å². The Balaban J connectivity index is 2.12. The van der Waals surface area contributed by atoms with Crippen LogP contribution in [0.5, 0.6) is 5.75 Å². The summed E-state index contributed by atoms with van der Waals surface area (Å²) in [7, 11) is 3.00. The Labute approximate surface area is 144 Å². The molecule has 25 heavy (non-hydrogen) atoms. The van der Waals surface area contributed by atoms with E-state index in [4.69, 9.17) is 4.74 Å². The van der Waals surface area contributed by atoms with Gasteiger partial charge in [0.15, 0.2) is 0 Å². The van der Waals surface area contributed by atoms with Crippen molar-refractivity contribution in [1.82, 2.24) is 4.90 Å². The lowest BCUT2D eigenvalue weighted by Crippen LogP contribution is -2.27. The molecule has 0 heterocycles. The first-order valence-corrected chi connectivity index (χ1v) is 7.63. The number of nitrogens with zero attached hydrogens (tertiary/aromatic N) is 1. The van der Waals surface area contributed by atoms with Crippen LogP contribution in [0.1, 0.15) is 11.1 Å². The monoisotopic (exact) mass is 352 g/mol. The highest BCUT2D eigenvalue weighted by Gasteiger charge is 2.35. The van der Waals surface area contributed by atoms with Crippen LogP contribution in [0, 0.1) is 0 Å². The van der Waals surface area contributed by atoms with Crippen molar-refractivity contribution in [2.24, 2.45) is 0 Å². The molecule has 0 aliphatic rings. The molecule has 0 fully saturated rings. The summed E-state index contributed by atoms with van der Waals surface area (Å²) >= 11 is 0. The number of hydrogen-bond acceptors (Lipinski definition) is 2. The number of hydrogen-bond donors (Lipinski definition) is 1. The lowest BCUT2D eigenvalue weighted by atomic mass is 10.1. The fourth-order valence-electron chi connectivity index (χ4n) is 2.11. The average Bonchev–Trinajstić information content (AvgIpc) is 2.56. The van der Waals surface area contributed by atoms with E-state index >= 15 is 0 Å². The number of anilines is 1. The molecule has 0 saturated carbocycles. The molecule has 2 aromatic rings. The van der Waals surface area contributed by atoms with Crippen molar-refractivity contribution >= 4 is 11.7 Å². The number of carbonyl (C=O) groups excluding carboxylic acids is 1. The van der Waals surface area contributed by atoms with Crippen molar-refractivity contribution in [2.45, 2.75) is 12.6 Å². The van der Waals surface area contributed by atoms with E-state index in [0.29, 0.717) is 6.42 Å². The van der Waals surface area contributed by atoms with Crippen LogP contribution in [-0.2, 0) is 12.6 Å². The number of halogens is 3. The van der Waals surface area contributed by atoms with Crippen molar-refractivity contribution in [3.8, 4) is 5.75 Å². The number of alkyl halides is 3. The van der Waals surface area contributed by atoms with Gasteiger partial charge in [0.05, 0.1) is 12.2 Å². The van der Waals surface area contributed by atoms with E-state index in [2.05, 4.69) is 5.32 Å². The first-order chi connectivity index (χ1) is 11.8. The second-order valence-corrected chi connectivity index (χ2v) is 5.62. The van der Waals surface area contributed by atoms with Gasteiger partial charge in [-0.2, -0.15) is 13.2 Å². The molecule has 2 aromatic carbocycles. The van der Waals surface area contributed by atoms with Crippen molar-refractivity contribution in [3.63, 3.8) is 0 Å². The summed E-state index contributed by atoms with van der Waals surface area (Å²) in [6.45, 7) is 0.122. The van der Waals surface area contributed by atoms with Gasteiger partial charge in [0.25, 0.3) is 0 Å². The third kappa shape index (κ3) is 5.41. The first kappa shape index (κ1) is 18.6. The van der Waals surface area contributed by atoms with E-state index in [1.165, 1.54) is 31.1 Å². The van der Waals surface area contributed by atoms with E-state index in [1.54, 1.807) is 0 Å². The Morgan fingerprint density at radius 2 is 1.80 bits per heavy atom. The fraction of sp³-hybridized carbons (Fsp3) is 0.278. The molecule has 0 spiro atoms. The minimum absolute atomic E-state index is 0.0569. The maximum absolute atomic E-state index is 13.3. The molecule has 0 saturated heterocycles. The minimum Gasteiger partial charge on any atom is -0.493 e. The van der Waals surface area contributed by atoms with Crippen LogP contribution >= 0.6 is 0 Å². The summed E-state index contributed by atoms with van der Waals surface area (Å²) in [6.07, 6.45) is -4.09. The standard InChI is InChI=1S/C18H19F3N2O2/c1-23(2)17(24)22-14-8-9-16(15(12-14)18(19,20)21)25-11-10-13-6-4-3-5-7-13/h3-9,12H,10-11H2,1-2H3,(H,22,24). The van der Waals surface area contributed by atoms with E-state index in [9.17, 15) is 18.0 Å². The molecule has 0 atom stereocenters. The first-order valence-electron chi connectivity index (χ1n) is 7.63. The van der Waals surface area contributed by atoms with E-state index in [1.807, 2.05) is 30.3 Å². The molecule has 2 rings (SSSR count). The Hall–Kier alpha value is -2.70. The Morgan fingerprint density at radius 3 is 2.40 bits per heavy atom. The molecule has 0 bridgehead atoms. The molecule has 0 aliphatic heterocycles. The van der Waals surface area contributed by atoms with Gasteiger partial charge in [0.2, 0.25) is 0 Å². The maximum atomic E-state index is 13.3. The number of nitrogens with one attached hydrogen (secondary N) is 1. The molecular weight excluding hydrogens is 333 g/mol. The smallest absolute Gasteiger partial charge is 0.420 e. The van der Waals surface area contributed by atoms with Gasteiger partial charge >= 0.3 is 12.2 Å². The number of amides is 2. The zero-order valence-electron chi connectivity index (χ0n) is 13.9. The fourth-order valence-corrected chi connectivity index (χ4v) is 2.11. The molecule has 134 valence electrons. The SMILES string of the molecule is CN(C)C(=O)Nc1ccc(OCCc2ccccc2)c(C(F)(F)F)c1. The molecule has 0 unspecified atom stereocenters. The van der Waals surface area contributed by atoms with E-state index in [-0.39, 0.29) is 18.0 Å². The molecule has 1 N–H and O–H groups in total. The van der Waals surface area contributed by atoms with Crippen molar-refractivity contribution in [2.75, 3.05) is 26.0 Å². The molecule has 0 radical (unpaired) electrons. The second kappa shape index (κ2) is 7.92. The predicted octanol–water partition coefficient (Wildman–Crippen LogP) is 4.42. The Morgan fingerprint density at radius 1 is 1.12 bits per heavy atom. The van der Waals surface area contributed by atoms with E-state index in [0.717, 1.165) is 11.6 Å². The number of urea groups is 1. The molecule has 0 aliphatic carbocycles. The second-order valence-electron chi connectivity index (χ2n) is 5.62. The Bertz CT molecular complexity index is 716. The zero-order valence-corrected chi connectivity index (χ0v) is 13.9. The van der Waals surface area contributed by atoms with Crippen LogP contribution in [0.2, 0.25) is 0 Å².